The van der Waals surface area contributed by atoms with Crippen molar-refractivity contribution in [3.8, 4) is 0 Å². The van der Waals surface area contributed by atoms with E-state index in [1.807, 2.05) is 36.2 Å². The number of hydrazine groups is 1. The Labute approximate surface area is 177 Å². The van der Waals surface area contributed by atoms with Crippen LogP contribution < -0.4 is 4.90 Å². The predicted octanol–water partition coefficient (Wildman–Crippen LogP) is 3.09. The summed E-state index contributed by atoms with van der Waals surface area (Å²) in [6.07, 6.45) is 0.916. The van der Waals surface area contributed by atoms with E-state index in [0.717, 1.165) is 29.0 Å². The molecule has 154 valence electrons. The number of nitro benzene ring substituents is 1. The van der Waals surface area contributed by atoms with Crippen LogP contribution in [0, 0.1) is 23.0 Å². The number of imide groups is 1. The van der Waals surface area contributed by atoms with Gasteiger partial charge in [-0.25, -0.2) is 14.9 Å². The van der Waals surface area contributed by atoms with Crippen molar-refractivity contribution in [3.05, 3.63) is 68.7 Å². The lowest BCUT2D eigenvalue weighted by Gasteiger charge is -2.29. The van der Waals surface area contributed by atoms with Crippen molar-refractivity contribution in [2.45, 2.75) is 25.4 Å². The van der Waals surface area contributed by atoms with E-state index in [4.69, 9.17) is 11.6 Å². The van der Waals surface area contributed by atoms with Crippen molar-refractivity contribution in [2.75, 3.05) is 18.0 Å². The molecule has 2 aromatic carbocycles. The summed E-state index contributed by atoms with van der Waals surface area (Å²) >= 11 is 5.91. The highest BCUT2D eigenvalue weighted by atomic mass is 35.5. The van der Waals surface area contributed by atoms with Crippen LogP contribution in [-0.4, -0.2) is 45.9 Å². The molecule has 0 radical (unpaired) electrons. The largest absolute Gasteiger partial charge is 0.289 e. The number of hydrogen-bond acceptors (Lipinski definition) is 6. The number of amides is 2. The Balaban J connectivity index is 1.58. The molecule has 8 nitrogen and oxygen atoms in total. The molecule has 5 rings (SSSR count). The van der Waals surface area contributed by atoms with Crippen LogP contribution in [0.5, 0.6) is 0 Å². The van der Waals surface area contributed by atoms with Gasteiger partial charge in [-0.3, -0.25) is 19.7 Å². The maximum absolute atomic E-state index is 13.5. The van der Waals surface area contributed by atoms with Gasteiger partial charge >= 0.3 is 0 Å². The number of carbonyl (C=O) groups excluding carboxylic acids is 2. The Morgan fingerprint density at radius 3 is 2.33 bits per heavy atom. The fourth-order valence-corrected chi connectivity index (χ4v) is 5.10. The van der Waals surface area contributed by atoms with Gasteiger partial charge in [-0.15, -0.1) is 0 Å². The van der Waals surface area contributed by atoms with E-state index >= 15 is 0 Å². The molecule has 2 aromatic rings. The molecule has 0 saturated carbocycles. The summed E-state index contributed by atoms with van der Waals surface area (Å²) in [5, 5.41) is 15.4. The Bertz CT molecular complexity index is 1070. The quantitative estimate of drug-likeness (QED) is 0.426. The van der Waals surface area contributed by atoms with E-state index in [9.17, 15) is 19.7 Å². The first-order chi connectivity index (χ1) is 14.4. The summed E-state index contributed by atoms with van der Waals surface area (Å²) in [6.45, 7) is 3.50. The maximum atomic E-state index is 13.5. The minimum Gasteiger partial charge on any atom is -0.274 e. The van der Waals surface area contributed by atoms with E-state index in [1.54, 1.807) is 0 Å². The second-order valence-electron chi connectivity index (χ2n) is 7.91. The fraction of sp³-hybridized carbons (Fsp3) is 0.333. The number of rotatable bonds is 3. The lowest BCUT2D eigenvalue weighted by Crippen LogP contribution is -2.44. The third-order valence-corrected chi connectivity index (χ3v) is 6.53. The number of benzene rings is 2. The molecule has 0 N–H and O–H groups in total. The molecule has 0 spiro atoms. The van der Waals surface area contributed by atoms with Crippen LogP contribution in [0.15, 0.2) is 42.5 Å². The van der Waals surface area contributed by atoms with Crippen LogP contribution in [0.3, 0.4) is 0 Å². The smallest absolute Gasteiger partial charge is 0.274 e. The fourth-order valence-electron chi connectivity index (χ4n) is 4.91. The third-order valence-electron chi connectivity index (χ3n) is 6.21. The summed E-state index contributed by atoms with van der Waals surface area (Å²) in [6, 6.07) is 11.2. The van der Waals surface area contributed by atoms with Gasteiger partial charge in [0, 0.05) is 19.2 Å². The van der Waals surface area contributed by atoms with Crippen molar-refractivity contribution in [3.63, 3.8) is 0 Å². The number of nitro groups is 1. The molecule has 9 heteroatoms. The number of hydrogen-bond donors (Lipinski definition) is 0. The van der Waals surface area contributed by atoms with Crippen molar-refractivity contribution < 1.29 is 14.5 Å². The minimum atomic E-state index is -0.616. The molecule has 3 atom stereocenters. The minimum absolute atomic E-state index is 0.0358. The highest BCUT2D eigenvalue weighted by Crippen LogP contribution is 2.49. The summed E-state index contributed by atoms with van der Waals surface area (Å²) in [5.41, 5.74) is 1.97. The zero-order valence-electron chi connectivity index (χ0n) is 16.2. The van der Waals surface area contributed by atoms with Gasteiger partial charge in [0.15, 0.2) is 0 Å². The first-order valence-electron chi connectivity index (χ1n) is 9.80. The Kier molecular flexibility index (Phi) is 4.39. The van der Waals surface area contributed by atoms with Gasteiger partial charge in [0.2, 0.25) is 5.91 Å². The van der Waals surface area contributed by atoms with Gasteiger partial charge < -0.3 is 0 Å². The normalized spacial score (nSPS) is 26.3. The van der Waals surface area contributed by atoms with Crippen LogP contribution in [0.25, 0.3) is 0 Å². The van der Waals surface area contributed by atoms with Crippen molar-refractivity contribution in [1.29, 1.82) is 0 Å². The number of halogens is 1. The molecule has 0 bridgehead atoms. The van der Waals surface area contributed by atoms with Crippen molar-refractivity contribution in [2.24, 2.45) is 5.92 Å². The number of carbonyl (C=O) groups is 2. The summed E-state index contributed by atoms with van der Waals surface area (Å²) < 4.78 is 0. The molecular formula is C21H19ClN4O4. The second kappa shape index (κ2) is 6.87. The predicted molar refractivity (Wildman–Crippen MR) is 110 cm³/mol. The van der Waals surface area contributed by atoms with Gasteiger partial charge in [0.05, 0.1) is 22.6 Å². The molecule has 3 heterocycles. The summed E-state index contributed by atoms with van der Waals surface area (Å²) in [7, 11) is 0. The molecule has 2 amide bonds. The molecule has 3 aliphatic rings. The monoisotopic (exact) mass is 426 g/mol. The van der Waals surface area contributed by atoms with Crippen molar-refractivity contribution in [1.82, 2.24) is 10.0 Å². The van der Waals surface area contributed by atoms with Crippen molar-refractivity contribution >= 4 is 34.8 Å². The molecular weight excluding hydrogens is 408 g/mol. The first-order valence-corrected chi connectivity index (χ1v) is 10.2. The van der Waals surface area contributed by atoms with E-state index in [-0.39, 0.29) is 34.3 Å². The molecule has 3 aliphatic heterocycles. The van der Waals surface area contributed by atoms with Crippen LogP contribution in [0.2, 0.25) is 5.02 Å². The SMILES string of the molecule is Cc1ccc([C@H]2[C@@H]3C(=O)N(c4ccc(Cl)c([N+](=O)[O-])c4)C(=O)[C@@H]3N3CCCN23)cc1. The maximum Gasteiger partial charge on any atom is 0.289 e. The van der Waals surface area contributed by atoms with E-state index in [2.05, 4.69) is 5.01 Å². The van der Waals surface area contributed by atoms with Gasteiger partial charge in [0.25, 0.3) is 11.6 Å². The molecule has 3 saturated heterocycles. The Morgan fingerprint density at radius 2 is 1.67 bits per heavy atom. The Morgan fingerprint density at radius 1 is 1.00 bits per heavy atom. The van der Waals surface area contributed by atoms with E-state index in [1.165, 1.54) is 18.2 Å². The van der Waals surface area contributed by atoms with Gasteiger partial charge in [-0.1, -0.05) is 41.4 Å². The lowest BCUT2D eigenvalue weighted by atomic mass is 9.89. The average Bonchev–Trinajstić information content (AvgIpc) is 3.36. The summed E-state index contributed by atoms with van der Waals surface area (Å²) in [5.74, 6) is -1.24. The average molecular weight is 427 g/mol. The van der Waals surface area contributed by atoms with Gasteiger partial charge in [-0.2, -0.15) is 0 Å². The number of nitrogens with zero attached hydrogens (tertiary/aromatic N) is 4. The van der Waals surface area contributed by atoms with E-state index < -0.39 is 16.9 Å². The molecule has 0 aliphatic carbocycles. The van der Waals surface area contributed by atoms with Gasteiger partial charge in [-0.05, 0) is 31.0 Å². The highest BCUT2D eigenvalue weighted by Gasteiger charge is 2.62. The molecule has 0 unspecified atom stereocenters. The second-order valence-corrected chi connectivity index (χ2v) is 8.32. The summed E-state index contributed by atoms with van der Waals surface area (Å²) in [4.78, 5) is 38.6. The zero-order chi connectivity index (χ0) is 21.2. The first kappa shape index (κ1) is 19.2. The number of fused-ring (bicyclic) bond motifs is 3. The standard InChI is InChI=1S/C21H19ClN4O4/c1-12-3-5-13(6-4-12)18-17-19(24-10-2-9-23(18)24)21(28)25(20(17)27)14-7-8-15(22)16(11-14)26(29)30/h3-8,11,17-19H,2,9-10H2,1H3/t17-,18-,19+/m0/s1. The van der Waals surface area contributed by atoms with Crippen LogP contribution >= 0.6 is 11.6 Å². The number of anilines is 1. The van der Waals surface area contributed by atoms with Crippen LogP contribution in [0.1, 0.15) is 23.6 Å². The third kappa shape index (κ3) is 2.68. The molecule has 30 heavy (non-hydrogen) atoms. The lowest BCUT2D eigenvalue weighted by molar-refractivity contribution is -0.384. The van der Waals surface area contributed by atoms with E-state index in [0.29, 0.717) is 6.54 Å². The number of aryl methyl sites for hydroxylation is 1. The highest BCUT2D eigenvalue weighted by molar-refractivity contribution is 6.33. The topological polar surface area (TPSA) is 87.0 Å². The van der Waals surface area contributed by atoms with Crippen LogP contribution in [-0.2, 0) is 9.59 Å². The van der Waals surface area contributed by atoms with Crippen LogP contribution in [0.4, 0.5) is 11.4 Å². The zero-order valence-corrected chi connectivity index (χ0v) is 17.0. The molecule has 3 fully saturated rings. The Hall–Kier alpha value is -2.81. The van der Waals surface area contributed by atoms with Gasteiger partial charge in [0.1, 0.15) is 11.1 Å². The molecule has 0 aromatic heterocycles.